The predicted molar refractivity (Wildman–Crippen MR) is 225 cm³/mol. The molecule has 0 unspecified atom stereocenters. The van der Waals surface area contributed by atoms with Crippen LogP contribution in [0.2, 0.25) is 0 Å². The lowest BCUT2D eigenvalue weighted by Gasteiger charge is -2.23. The van der Waals surface area contributed by atoms with Crippen molar-refractivity contribution in [3.63, 3.8) is 0 Å². The first-order chi connectivity index (χ1) is 28.0. The van der Waals surface area contributed by atoms with Crippen molar-refractivity contribution in [2.45, 2.75) is 117 Å². The van der Waals surface area contributed by atoms with E-state index in [4.69, 9.17) is 33.5 Å². The first-order valence-corrected chi connectivity index (χ1v) is 20.6. The summed E-state index contributed by atoms with van der Waals surface area (Å²) in [5.74, 6) is 0.0991. The molecule has 59 heavy (non-hydrogen) atoms. The number of ether oxygens (including phenoxy) is 7. The van der Waals surface area contributed by atoms with Crippen molar-refractivity contribution in [2.75, 3.05) is 79.1 Å². The molecule has 338 valence electrons. The maximum atomic E-state index is 12.1. The number of amides is 3. The lowest BCUT2D eigenvalue weighted by molar-refractivity contribution is -0.143. The third kappa shape index (κ3) is 39.0. The minimum atomic E-state index is -1.04. The van der Waals surface area contributed by atoms with Crippen molar-refractivity contribution in [3.8, 4) is 5.75 Å². The monoisotopic (exact) mass is 840 g/mol. The molecule has 1 rings (SSSR count). The molecule has 0 saturated carbocycles. The van der Waals surface area contributed by atoms with Gasteiger partial charge < -0.3 is 54.2 Å². The Bertz CT molecular complexity index is 1300. The highest BCUT2D eigenvalue weighted by molar-refractivity contribution is 5.77. The Hall–Kier alpha value is -4.25. The van der Waals surface area contributed by atoms with Gasteiger partial charge >= 0.3 is 5.97 Å². The lowest BCUT2D eigenvalue weighted by Crippen LogP contribution is -2.31. The van der Waals surface area contributed by atoms with E-state index in [1.165, 1.54) is 0 Å². The van der Waals surface area contributed by atoms with Crippen LogP contribution in [0.1, 0.15) is 111 Å². The third-order valence-corrected chi connectivity index (χ3v) is 7.57. The Morgan fingerprint density at radius 1 is 0.593 bits per heavy atom. The van der Waals surface area contributed by atoms with Crippen molar-refractivity contribution < 1.29 is 62.2 Å². The van der Waals surface area contributed by atoms with Crippen LogP contribution < -0.4 is 20.7 Å². The van der Waals surface area contributed by atoms with Crippen molar-refractivity contribution >= 4 is 35.9 Å². The van der Waals surface area contributed by atoms with Gasteiger partial charge in [0.15, 0.2) is 0 Å². The molecule has 0 aromatic heterocycles. The second-order valence-electron chi connectivity index (χ2n) is 15.4. The molecule has 3 amide bonds. The molecule has 4 N–H and O–H groups in total. The van der Waals surface area contributed by atoms with E-state index in [0.717, 1.165) is 56.3 Å². The van der Waals surface area contributed by atoms with E-state index in [9.17, 15) is 24.0 Å². The van der Waals surface area contributed by atoms with Crippen LogP contribution in [0.25, 0.3) is 5.76 Å². The zero-order valence-electron chi connectivity index (χ0n) is 36.5. The Balaban J connectivity index is 0.00000438. The molecule has 0 spiro atoms. The standard InChI is InChI=1S/C38H63N3O11.C5H10O2/c1-31(52-38(2,3)4)32-15-17-33(18-16-32)51-22-11-9-7-5-6-8-10-13-34(42)39-19-12-14-35(43)40-20-23-47-25-27-49-29-36(44)41-21-24-48-26-28-50-30-37(45)46;1-5(2,3)7-4-6/h15-18H,1,5-14,19-30H2,2-4H3,(H,39,42)(H,40,43)(H,41,44)(H,45,46);4H,1-3H3. The van der Waals surface area contributed by atoms with Gasteiger partial charge in [-0.3, -0.25) is 19.2 Å². The van der Waals surface area contributed by atoms with Gasteiger partial charge in [0.25, 0.3) is 6.47 Å². The topological polar surface area (TPSA) is 206 Å². The van der Waals surface area contributed by atoms with E-state index < -0.39 is 5.97 Å². The number of carboxylic acids is 1. The van der Waals surface area contributed by atoms with Gasteiger partial charge in [0.05, 0.1) is 46.2 Å². The largest absolute Gasteiger partial charge is 0.494 e. The minimum Gasteiger partial charge on any atom is -0.494 e. The van der Waals surface area contributed by atoms with E-state index >= 15 is 0 Å². The molecular weight excluding hydrogens is 766 g/mol. The van der Waals surface area contributed by atoms with Crippen LogP contribution >= 0.6 is 0 Å². The molecular formula is C43H73N3O13. The molecule has 0 aliphatic carbocycles. The highest BCUT2D eigenvalue weighted by Gasteiger charge is 2.14. The number of rotatable bonds is 34. The normalized spacial score (nSPS) is 11.1. The molecule has 0 saturated heterocycles. The number of unbranched alkanes of at least 4 members (excludes halogenated alkanes) is 6. The van der Waals surface area contributed by atoms with Gasteiger partial charge in [-0.25, -0.2) is 4.79 Å². The fourth-order valence-corrected chi connectivity index (χ4v) is 4.77. The van der Waals surface area contributed by atoms with Gasteiger partial charge in [0.2, 0.25) is 17.7 Å². The van der Waals surface area contributed by atoms with Crippen LogP contribution in [0.3, 0.4) is 0 Å². The second kappa shape index (κ2) is 34.6. The summed E-state index contributed by atoms with van der Waals surface area (Å²) < 4.78 is 36.9. The highest BCUT2D eigenvalue weighted by Crippen LogP contribution is 2.23. The fraction of sp³-hybridized carbons (Fsp3) is 0.698. The molecule has 0 fully saturated rings. The average Bonchev–Trinajstić information content (AvgIpc) is 3.15. The number of carbonyl (C=O) groups excluding carboxylic acids is 4. The van der Waals surface area contributed by atoms with Crippen LogP contribution in [0, 0.1) is 0 Å². The molecule has 0 heterocycles. The Labute approximate surface area is 351 Å². The minimum absolute atomic E-state index is 0.0241. The molecule has 1 aromatic rings. The van der Waals surface area contributed by atoms with Crippen LogP contribution in [-0.2, 0) is 52.4 Å². The SMILES string of the molecule is C=C(OC(C)(C)C)c1ccc(OCCCCCCCCCC(=O)NCCCC(=O)NCCOCCOCC(=O)NCCOCCOCC(=O)O)cc1.CC(C)(C)OC=O. The zero-order chi connectivity index (χ0) is 44.2. The molecule has 16 heteroatoms. The fourth-order valence-electron chi connectivity index (χ4n) is 4.77. The smallest absolute Gasteiger partial charge is 0.329 e. The summed E-state index contributed by atoms with van der Waals surface area (Å²) in [4.78, 5) is 55.7. The number of nitrogens with one attached hydrogen (secondary N) is 3. The summed E-state index contributed by atoms with van der Waals surface area (Å²) in [7, 11) is 0. The number of carbonyl (C=O) groups is 5. The maximum Gasteiger partial charge on any atom is 0.329 e. The van der Waals surface area contributed by atoms with Crippen LogP contribution in [-0.4, -0.2) is 126 Å². The molecule has 0 atom stereocenters. The Morgan fingerprint density at radius 3 is 1.61 bits per heavy atom. The second-order valence-corrected chi connectivity index (χ2v) is 15.4. The first kappa shape index (κ1) is 54.8. The summed E-state index contributed by atoms with van der Waals surface area (Å²) in [5.41, 5.74) is 0.355. The number of carboxylic acid groups (broad SMARTS) is 1. The zero-order valence-corrected chi connectivity index (χ0v) is 36.5. The van der Waals surface area contributed by atoms with Gasteiger partial charge in [-0.15, -0.1) is 0 Å². The average molecular weight is 840 g/mol. The molecule has 0 radical (unpaired) electrons. The number of aliphatic carboxylic acids is 1. The van der Waals surface area contributed by atoms with E-state index in [0.29, 0.717) is 64.3 Å². The molecule has 1 aromatic carbocycles. The highest BCUT2D eigenvalue weighted by atomic mass is 16.5. The van der Waals surface area contributed by atoms with Crippen molar-refractivity contribution in [1.82, 2.24) is 16.0 Å². The van der Waals surface area contributed by atoms with E-state index in [2.05, 4.69) is 27.3 Å². The van der Waals surface area contributed by atoms with E-state index in [1.807, 2.05) is 65.8 Å². The number of hydrogen-bond acceptors (Lipinski definition) is 12. The number of benzene rings is 1. The summed E-state index contributed by atoms with van der Waals surface area (Å²) in [6.45, 7) is 18.8. The van der Waals surface area contributed by atoms with Gasteiger partial charge in [0.1, 0.15) is 35.9 Å². The summed E-state index contributed by atoms with van der Waals surface area (Å²) in [6, 6.07) is 7.83. The van der Waals surface area contributed by atoms with Gasteiger partial charge in [-0.1, -0.05) is 38.7 Å². The summed E-state index contributed by atoms with van der Waals surface area (Å²) in [5, 5.41) is 16.7. The first-order valence-electron chi connectivity index (χ1n) is 20.6. The van der Waals surface area contributed by atoms with Crippen molar-refractivity contribution in [3.05, 3.63) is 36.4 Å². The van der Waals surface area contributed by atoms with Crippen molar-refractivity contribution in [2.24, 2.45) is 0 Å². The Kier molecular flexibility index (Phi) is 32.1. The van der Waals surface area contributed by atoms with Gasteiger partial charge in [-0.05, 0) is 85.1 Å². The maximum absolute atomic E-state index is 12.1. The molecule has 0 aliphatic rings. The molecule has 0 aliphatic heterocycles. The van der Waals surface area contributed by atoms with Gasteiger partial charge in [0, 0.05) is 38.0 Å². The summed E-state index contributed by atoms with van der Waals surface area (Å²) >= 11 is 0. The van der Waals surface area contributed by atoms with Crippen LogP contribution in [0.4, 0.5) is 0 Å². The number of hydrogen-bond donors (Lipinski definition) is 4. The molecule has 16 nitrogen and oxygen atoms in total. The van der Waals surface area contributed by atoms with Gasteiger partial charge in [-0.2, -0.15) is 0 Å². The Morgan fingerprint density at radius 2 is 1.08 bits per heavy atom. The van der Waals surface area contributed by atoms with E-state index in [-0.39, 0.29) is 75.2 Å². The van der Waals surface area contributed by atoms with Crippen LogP contribution in [0.5, 0.6) is 5.75 Å². The third-order valence-electron chi connectivity index (χ3n) is 7.57. The molecule has 0 bridgehead atoms. The van der Waals surface area contributed by atoms with Crippen LogP contribution in [0.15, 0.2) is 30.8 Å². The quantitative estimate of drug-likeness (QED) is 0.0400. The van der Waals surface area contributed by atoms with Crippen molar-refractivity contribution in [1.29, 1.82) is 0 Å². The lowest BCUT2D eigenvalue weighted by atomic mass is 10.1. The summed E-state index contributed by atoms with van der Waals surface area (Å²) in [6.07, 6.45) is 8.82. The predicted octanol–water partition coefficient (Wildman–Crippen LogP) is 5.21. The van der Waals surface area contributed by atoms with E-state index in [1.54, 1.807) is 0 Å².